The first-order valence-electron chi connectivity index (χ1n) is 6.76. The van der Waals surface area contributed by atoms with Gasteiger partial charge in [0.05, 0.1) is 6.04 Å². The average Bonchev–Trinajstić information content (AvgIpc) is 2.91. The summed E-state index contributed by atoms with van der Waals surface area (Å²) in [5.41, 5.74) is 5.96. The van der Waals surface area contributed by atoms with E-state index in [0.29, 0.717) is 5.92 Å². The number of aromatic nitrogens is 1. The van der Waals surface area contributed by atoms with Crippen LogP contribution in [0, 0.1) is 5.92 Å². The molecule has 1 aromatic heterocycles. The third-order valence-electron chi connectivity index (χ3n) is 3.32. The molecule has 1 aliphatic heterocycles. The summed E-state index contributed by atoms with van der Waals surface area (Å²) in [4.78, 5) is 20.6. The quantitative estimate of drug-likeness (QED) is 0.900. The molecule has 1 fully saturated rings. The van der Waals surface area contributed by atoms with Gasteiger partial charge in [0.2, 0.25) is 5.91 Å². The van der Waals surface area contributed by atoms with E-state index >= 15 is 0 Å². The number of thiazole rings is 1. The van der Waals surface area contributed by atoms with E-state index in [1.54, 1.807) is 11.3 Å². The van der Waals surface area contributed by atoms with Crippen molar-refractivity contribution in [3.05, 3.63) is 11.6 Å². The van der Waals surface area contributed by atoms with Gasteiger partial charge in [-0.2, -0.15) is 0 Å². The standard InChI is InChI=1S/C13H22N4OS/c1-10(2)9-11(14)12(18)16-4-6-17(7-5-16)13-15-3-8-19-13/h3,8,10-11H,4-7,9,14H2,1-2H3/t11-/m0/s1. The lowest BCUT2D eigenvalue weighted by Gasteiger charge is -2.35. The fourth-order valence-corrected chi connectivity index (χ4v) is 3.03. The predicted octanol–water partition coefficient (Wildman–Crippen LogP) is 1.17. The molecule has 1 amide bonds. The Morgan fingerprint density at radius 2 is 2.11 bits per heavy atom. The van der Waals surface area contributed by atoms with Gasteiger partial charge in [0.25, 0.3) is 0 Å². The maximum atomic E-state index is 12.2. The minimum atomic E-state index is -0.355. The summed E-state index contributed by atoms with van der Waals surface area (Å²) >= 11 is 1.64. The molecule has 0 unspecified atom stereocenters. The zero-order valence-corrected chi connectivity index (χ0v) is 12.4. The van der Waals surface area contributed by atoms with Crippen molar-refractivity contribution in [3.63, 3.8) is 0 Å². The highest BCUT2D eigenvalue weighted by molar-refractivity contribution is 7.13. The van der Waals surface area contributed by atoms with Crippen molar-refractivity contribution in [2.24, 2.45) is 11.7 Å². The largest absolute Gasteiger partial charge is 0.345 e. The van der Waals surface area contributed by atoms with Crippen LogP contribution in [0.1, 0.15) is 20.3 Å². The Labute approximate surface area is 118 Å². The molecule has 106 valence electrons. The molecule has 0 radical (unpaired) electrons. The molecule has 2 rings (SSSR count). The molecule has 0 saturated carbocycles. The molecule has 1 atom stereocenters. The second-order valence-corrected chi connectivity index (χ2v) is 6.24. The molecule has 1 saturated heterocycles. The SMILES string of the molecule is CC(C)C[C@H](N)C(=O)N1CCN(c2nccs2)CC1. The van der Waals surface area contributed by atoms with Crippen LogP contribution < -0.4 is 10.6 Å². The summed E-state index contributed by atoms with van der Waals surface area (Å²) < 4.78 is 0. The zero-order valence-electron chi connectivity index (χ0n) is 11.6. The number of carbonyl (C=O) groups is 1. The fourth-order valence-electron chi connectivity index (χ4n) is 2.33. The molecule has 5 nitrogen and oxygen atoms in total. The summed E-state index contributed by atoms with van der Waals surface area (Å²) in [5.74, 6) is 0.544. The van der Waals surface area contributed by atoms with Crippen LogP contribution in [0.15, 0.2) is 11.6 Å². The van der Waals surface area contributed by atoms with Crippen LogP contribution in [0.4, 0.5) is 5.13 Å². The normalized spacial score (nSPS) is 17.9. The first-order chi connectivity index (χ1) is 9.08. The monoisotopic (exact) mass is 282 g/mol. The van der Waals surface area contributed by atoms with Crippen molar-refractivity contribution in [1.82, 2.24) is 9.88 Å². The second-order valence-electron chi connectivity index (χ2n) is 5.36. The Morgan fingerprint density at radius 1 is 1.42 bits per heavy atom. The molecule has 6 heteroatoms. The third kappa shape index (κ3) is 3.67. The van der Waals surface area contributed by atoms with E-state index in [9.17, 15) is 4.79 Å². The highest BCUT2D eigenvalue weighted by Gasteiger charge is 2.26. The van der Waals surface area contributed by atoms with Crippen molar-refractivity contribution in [2.45, 2.75) is 26.3 Å². The van der Waals surface area contributed by atoms with E-state index in [2.05, 4.69) is 23.7 Å². The summed E-state index contributed by atoms with van der Waals surface area (Å²) in [6.45, 7) is 7.34. The van der Waals surface area contributed by atoms with Gasteiger partial charge in [0, 0.05) is 37.8 Å². The van der Waals surface area contributed by atoms with Crippen LogP contribution in [0.5, 0.6) is 0 Å². The van der Waals surface area contributed by atoms with Gasteiger partial charge in [-0.3, -0.25) is 4.79 Å². The fraction of sp³-hybridized carbons (Fsp3) is 0.692. The predicted molar refractivity (Wildman–Crippen MR) is 78.3 cm³/mol. The number of nitrogens with two attached hydrogens (primary N) is 1. The van der Waals surface area contributed by atoms with E-state index in [1.165, 1.54) is 0 Å². The average molecular weight is 282 g/mol. The summed E-state index contributed by atoms with van der Waals surface area (Å²) in [7, 11) is 0. The van der Waals surface area contributed by atoms with E-state index in [1.807, 2.05) is 16.5 Å². The molecule has 2 heterocycles. The Bertz CT molecular complexity index is 399. The van der Waals surface area contributed by atoms with Gasteiger partial charge in [0.15, 0.2) is 5.13 Å². The molecule has 0 aromatic carbocycles. The Hall–Kier alpha value is -1.14. The minimum absolute atomic E-state index is 0.0903. The van der Waals surface area contributed by atoms with Gasteiger partial charge in [-0.25, -0.2) is 4.98 Å². The van der Waals surface area contributed by atoms with Crippen molar-refractivity contribution in [1.29, 1.82) is 0 Å². The number of hydrogen-bond acceptors (Lipinski definition) is 5. The number of amides is 1. The summed E-state index contributed by atoms with van der Waals surface area (Å²) in [6.07, 6.45) is 2.57. The molecular weight excluding hydrogens is 260 g/mol. The van der Waals surface area contributed by atoms with Crippen LogP contribution >= 0.6 is 11.3 Å². The first-order valence-corrected chi connectivity index (χ1v) is 7.64. The van der Waals surface area contributed by atoms with Crippen LogP contribution in [-0.4, -0.2) is 48.0 Å². The first kappa shape index (κ1) is 14.3. The Balaban J connectivity index is 1.84. The molecule has 1 aromatic rings. The Morgan fingerprint density at radius 3 is 2.63 bits per heavy atom. The maximum absolute atomic E-state index is 12.2. The molecule has 0 bridgehead atoms. The van der Waals surface area contributed by atoms with Crippen LogP contribution in [-0.2, 0) is 4.79 Å². The van der Waals surface area contributed by atoms with Crippen molar-refractivity contribution in [2.75, 3.05) is 31.1 Å². The van der Waals surface area contributed by atoms with Crippen LogP contribution in [0.2, 0.25) is 0 Å². The van der Waals surface area contributed by atoms with Crippen LogP contribution in [0.3, 0.4) is 0 Å². The molecule has 2 N–H and O–H groups in total. The lowest BCUT2D eigenvalue weighted by molar-refractivity contribution is -0.133. The van der Waals surface area contributed by atoms with E-state index in [-0.39, 0.29) is 11.9 Å². The van der Waals surface area contributed by atoms with E-state index in [4.69, 9.17) is 5.73 Å². The van der Waals surface area contributed by atoms with Gasteiger partial charge in [-0.1, -0.05) is 13.8 Å². The number of nitrogens with zero attached hydrogens (tertiary/aromatic N) is 3. The minimum Gasteiger partial charge on any atom is -0.345 e. The van der Waals surface area contributed by atoms with Gasteiger partial charge in [-0.05, 0) is 12.3 Å². The van der Waals surface area contributed by atoms with Gasteiger partial charge in [0.1, 0.15) is 0 Å². The molecule has 0 spiro atoms. The zero-order chi connectivity index (χ0) is 13.8. The molecule has 0 aliphatic carbocycles. The lowest BCUT2D eigenvalue weighted by atomic mass is 10.0. The number of rotatable bonds is 4. The molecule has 19 heavy (non-hydrogen) atoms. The third-order valence-corrected chi connectivity index (χ3v) is 4.16. The van der Waals surface area contributed by atoms with Crippen LogP contribution in [0.25, 0.3) is 0 Å². The van der Waals surface area contributed by atoms with Crippen molar-refractivity contribution in [3.8, 4) is 0 Å². The van der Waals surface area contributed by atoms with Crippen molar-refractivity contribution < 1.29 is 4.79 Å². The van der Waals surface area contributed by atoms with Gasteiger partial charge in [-0.15, -0.1) is 11.3 Å². The smallest absolute Gasteiger partial charge is 0.239 e. The van der Waals surface area contributed by atoms with E-state index < -0.39 is 0 Å². The van der Waals surface area contributed by atoms with E-state index in [0.717, 1.165) is 37.7 Å². The van der Waals surface area contributed by atoms with Gasteiger partial charge >= 0.3 is 0 Å². The number of hydrogen-bond donors (Lipinski definition) is 1. The topological polar surface area (TPSA) is 62.5 Å². The Kier molecular flexibility index (Phi) is 4.76. The lowest BCUT2D eigenvalue weighted by Crippen LogP contribution is -2.53. The number of carbonyl (C=O) groups excluding carboxylic acids is 1. The maximum Gasteiger partial charge on any atom is 0.239 e. The van der Waals surface area contributed by atoms with Crippen molar-refractivity contribution >= 4 is 22.4 Å². The number of anilines is 1. The highest BCUT2D eigenvalue weighted by Crippen LogP contribution is 2.19. The second kappa shape index (κ2) is 6.34. The molecule has 1 aliphatic rings. The molecular formula is C13H22N4OS. The van der Waals surface area contributed by atoms with Gasteiger partial charge < -0.3 is 15.5 Å². The summed E-state index contributed by atoms with van der Waals surface area (Å²) in [5, 5.41) is 3.02. The highest BCUT2D eigenvalue weighted by atomic mass is 32.1. The number of piperazine rings is 1. The summed E-state index contributed by atoms with van der Waals surface area (Å²) in [6, 6.07) is -0.355.